The second-order valence-corrected chi connectivity index (χ2v) is 14.8. The number of nitrogens with one attached hydrogen (secondary N) is 1. The Bertz CT molecular complexity index is 2990. The predicted molar refractivity (Wildman–Crippen MR) is 227 cm³/mol. The van der Waals surface area contributed by atoms with Gasteiger partial charge in [-0.2, -0.15) is 0 Å². The minimum Gasteiger partial charge on any atom is -0.455 e. The molecule has 9 aromatic rings. The standard InChI is InChI=1S/C50H39N3O/c1-30-23-24-39-36-18-9-7-16-33(36)27-43(42(39)25-30)44-28-34(41-26-32-15-6-8-17-35(32)37-19-10-11-20-38(37)41)29-45-47-40(21-12-22-46(47)54-48(44)45)50(52)53(2)49(51)31-13-4-3-5-14-31/h3-24,26-30,50-51H,25,52H2,1-2H3. The van der Waals surface area contributed by atoms with Crippen molar-refractivity contribution in [1.82, 2.24) is 4.90 Å². The SMILES string of the molecule is CC1C=Cc2c(c(-c3cc(-c4cc5ccccc5c5ccccc45)cc4c3oc3cccc(C(N)N(C)C(=N)c5ccccc5)c34)cc3ccccc23)C1. The van der Waals surface area contributed by atoms with Crippen LogP contribution in [0.25, 0.3) is 82.6 Å². The van der Waals surface area contributed by atoms with Crippen molar-refractivity contribution in [2.75, 3.05) is 7.05 Å². The molecule has 10 rings (SSSR count). The zero-order valence-corrected chi connectivity index (χ0v) is 30.3. The molecule has 8 aromatic carbocycles. The van der Waals surface area contributed by atoms with E-state index in [-0.39, 0.29) is 0 Å². The summed E-state index contributed by atoms with van der Waals surface area (Å²) in [7, 11) is 1.90. The number of fused-ring (bicyclic) bond motifs is 9. The highest BCUT2D eigenvalue weighted by molar-refractivity contribution is 6.18. The van der Waals surface area contributed by atoms with Crippen LogP contribution in [0.15, 0.2) is 156 Å². The van der Waals surface area contributed by atoms with Crippen LogP contribution in [0.4, 0.5) is 0 Å². The predicted octanol–water partition coefficient (Wildman–Crippen LogP) is 12.5. The van der Waals surface area contributed by atoms with E-state index in [0.29, 0.717) is 11.8 Å². The quantitative estimate of drug-likeness (QED) is 0.0814. The molecular weight excluding hydrogens is 659 g/mol. The van der Waals surface area contributed by atoms with Gasteiger partial charge in [-0.05, 0) is 103 Å². The van der Waals surface area contributed by atoms with E-state index in [1.54, 1.807) is 0 Å². The van der Waals surface area contributed by atoms with Crippen molar-refractivity contribution in [3.8, 4) is 22.3 Å². The van der Waals surface area contributed by atoms with E-state index in [4.69, 9.17) is 15.6 Å². The summed E-state index contributed by atoms with van der Waals surface area (Å²) in [5.74, 6) is 0.776. The Morgan fingerprint density at radius 2 is 1.35 bits per heavy atom. The van der Waals surface area contributed by atoms with Crippen molar-refractivity contribution < 1.29 is 4.42 Å². The number of allylic oxidation sites excluding steroid dienone is 1. The number of rotatable bonds is 5. The lowest BCUT2D eigenvalue weighted by atomic mass is 9.81. The van der Waals surface area contributed by atoms with E-state index in [9.17, 15) is 0 Å². The van der Waals surface area contributed by atoms with Crippen LogP contribution in [0.5, 0.6) is 0 Å². The highest BCUT2D eigenvalue weighted by atomic mass is 16.3. The van der Waals surface area contributed by atoms with Gasteiger partial charge in [0.1, 0.15) is 23.2 Å². The Balaban J connectivity index is 1.29. The zero-order chi connectivity index (χ0) is 36.5. The molecule has 0 saturated heterocycles. The van der Waals surface area contributed by atoms with Crippen LogP contribution in [0.3, 0.4) is 0 Å². The second kappa shape index (κ2) is 12.6. The van der Waals surface area contributed by atoms with Crippen molar-refractivity contribution in [2.24, 2.45) is 11.7 Å². The highest BCUT2D eigenvalue weighted by Gasteiger charge is 2.26. The molecular formula is C50H39N3O. The molecule has 54 heavy (non-hydrogen) atoms. The molecule has 1 aliphatic rings. The van der Waals surface area contributed by atoms with Gasteiger partial charge in [0.25, 0.3) is 0 Å². The van der Waals surface area contributed by atoms with Gasteiger partial charge in [-0.25, -0.2) is 0 Å². The smallest absolute Gasteiger partial charge is 0.143 e. The summed E-state index contributed by atoms with van der Waals surface area (Å²) < 4.78 is 6.99. The fraction of sp³-hybridized carbons (Fsp3) is 0.100. The van der Waals surface area contributed by atoms with Crippen molar-refractivity contribution in [2.45, 2.75) is 19.5 Å². The van der Waals surface area contributed by atoms with Crippen molar-refractivity contribution in [3.63, 3.8) is 0 Å². The van der Waals surface area contributed by atoms with Gasteiger partial charge in [0.15, 0.2) is 0 Å². The van der Waals surface area contributed by atoms with E-state index in [2.05, 4.69) is 122 Å². The number of benzene rings is 8. The number of hydrogen-bond acceptors (Lipinski definition) is 3. The Kier molecular flexibility index (Phi) is 7.50. The van der Waals surface area contributed by atoms with Crippen molar-refractivity contribution >= 4 is 66.2 Å². The van der Waals surface area contributed by atoms with E-state index in [1.807, 2.05) is 54.4 Å². The number of hydrogen-bond donors (Lipinski definition) is 2. The third kappa shape index (κ3) is 5.06. The molecule has 2 atom stereocenters. The number of furan rings is 1. The number of amidine groups is 1. The molecule has 0 saturated carbocycles. The molecule has 0 amide bonds. The fourth-order valence-corrected chi connectivity index (χ4v) is 8.72. The monoisotopic (exact) mass is 697 g/mol. The third-order valence-electron chi connectivity index (χ3n) is 11.5. The maximum Gasteiger partial charge on any atom is 0.143 e. The van der Waals surface area contributed by atoms with Crippen LogP contribution in [-0.2, 0) is 6.42 Å². The van der Waals surface area contributed by atoms with Crippen LogP contribution in [0.1, 0.15) is 35.3 Å². The van der Waals surface area contributed by atoms with E-state index in [1.165, 1.54) is 54.6 Å². The van der Waals surface area contributed by atoms with E-state index < -0.39 is 6.17 Å². The maximum absolute atomic E-state index is 9.07. The van der Waals surface area contributed by atoms with Crippen LogP contribution >= 0.6 is 0 Å². The molecule has 0 fully saturated rings. The van der Waals surface area contributed by atoms with Gasteiger partial charge in [-0.1, -0.05) is 134 Å². The minimum atomic E-state index is -0.588. The first kappa shape index (κ1) is 32.2. The van der Waals surface area contributed by atoms with Crippen LogP contribution in [-0.4, -0.2) is 17.8 Å². The Hall–Kier alpha value is -6.49. The fourth-order valence-electron chi connectivity index (χ4n) is 8.72. The Morgan fingerprint density at radius 1 is 0.685 bits per heavy atom. The van der Waals surface area contributed by atoms with Crippen LogP contribution in [0.2, 0.25) is 0 Å². The molecule has 0 radical (unpaired) electrons. The summed E-state index contributed by atoms with van der Waals surface area (Å²) in [4.78, 5) is 1.85. The number of nitrogens with zero attached hydrogens (tertiary/aromatic N) is 1. The molecule has 3 N–H and O–H groups in total. The summed E-state index contributed by atoms with van der Waals surface area (Å²) >= 11 is 0. The summed E-state index contributed by atoms with van der Waals surface area (Å²) in [6.45, 7) is 2.30. The topological polar surface area (TPSA) is 66.2 Å². The normalized spacial score (nSPS) is 14.6. The average Bonchev–Trinajstić information content (AvgIpc) is 3.61. The molecule has 1 aromatic heterocycles. The lowest BCUT2D eigenvalue weighted by Gasteiger charge is -2.28. The maximum atomic E-state index is 9.07. The number of nitrogens with two attached hydrogens (primary N) is 1. The molecule has 260 valence electrons. The molecule has 0 spiro atoms. The molecule has 0 bridgehead atoms. The molecule has 4 nitrogen and oxygen atoms in total. The van der Waals surface area contributed by atoms with Gasteiger partial charge >= 0.3 is 0 Å². The molecule has 0 aliphatic heterocycles. The van der Waals surface area contributed by atoms with Gasteiger partial charge in [0, 0.05) is 34.5 Å². The summed E-state index contributed by atoms with van der Waals surface area (Å²) in [6.07, 6.45) is 5.01. The summed E-state index contributed by atoms with van der Waals surface area (Å²) in [5, 5.41) is 18.4. The van der Waals surface area contributed by atoms with E-state index >= 15 is 0 Å². The first-order valence-corrected chi connectivity index (χ1v) is 18.7. The second-order valence-electron chi connectivity index (χ2n) is 14.8. The van der Waals surface area contributed by atoms with Gasteiger partial charge in [-0.3, -0.25) is 5.41 Å². The first-order chi connectivity index (χ1) is 26.4. The van der Waals surface area contributed by atoms with E-state index in [0.717, 1.165) is 50.6 Å². The minimum absolute atomic E-state index is 0.363. The van der Waals surface area contributed by atoms with Gasteiger partial charge in [0.2, 0.25) is 0 Å². The average molecular weight is 698 g/mol. The van der Waals surface area contributed by atoms with Crippen LogP contribution in [0, 0.1) is 11.3 Å². The summed E-state index contributed by atoms with van der Waals surface area (Å²) in [5.41, 5.74) is 17.7. The molecule has 2 unspecified atom stereocenters. The van der Waals surface area contributed by atoms with Gasteiger partial charge < -0.3 is 15.1 Å². The van der Waals surface area contributed by atoms with Gasteiger partial charge in [-0.15, -0.1) is 0 Å². The molecule has 1 aliphatic carbocycles. The largest absolute Gasteiger partial charge is 0.455 e. The zero-order valence-electron chi connectivity index (χ0n) is 30.3. The first-order valence-electron chi connectivity index (χ1n) is 18.7. The highest BCUT2D eigenvalue weighted by Crippen LogP contribution is 2.47. The lowest BCUT2D eigenvalue weighted by Crippen LogP contribution is -2.36. The third-order valence-corrected chi connectivity index (χ3v) is 11.5. The van der Waals surface area contributed by atoms with Crippen molar-refractivity contribution in [3.05, 3.63) is 174 Å². The van der Waals surface area contributed by atoms with Crippen LogP contribution < -0.4 is 5.73 Å². The summed E-state index contributed by atoms with van der Waals surface area (Å²) in [6, 6.07) is 51.4. The van der Waals surface area contributed by atoms with Gasteiger partial charge in [0.05, 0.1) is 0 Å². The molecule has 1 heterocycles. The lowest BCUT2D eigenvalue weighted by molar-refractivity contribution is 0.386. The Labute approximate surface area is 314 Å². The molecule has 4 heteroatoms. The Morgan fingerprint density at radius 3 is 2.15 bits per heavy atom. The van der Waals surface area contributed by atoms with Crippen molar-refractivity contribution in [1.29, 1.82) is 5.41 Å².